The molecule has 0 spiro atoms. The summed E-state index contributed by atoms with van der Waals surface area (Å²) in [6.07, 6.45) is 5.82. The van der Waals surface area contributed by atoms with Gasteiger partial charge in [0.2, 0.25) is 11.8 Å². The maximum Gasteiger partial charge on any atom is 0.253 e. The number of hydrogen-bond donors (Lipinski definition) is 0. The van der Waals surface area contributed by atoms with E-state index in [0.29, 0.717) is 36.8 Å². The first-order chi connectivity index (χ1) is 14.5. The van der Waals surface area contributed by atoms with E-state index >= 15 is 0 Å². The van der Waals surface area contributed by atoms with Gasteiger partial charge < -0.3 is 14.3 Å². The normalized spacial score (nSPS) is 19.4. The van der Waals surface area contributed by atoms with Gasteiger partial charge in [0.05, 0.1) is 0 Å². The first-order valence-electron chi connectivity index (χ1n) is 11.0. The van der Waals surface area contributed by atoms with Crippen LogP contribution in [0.3, 0.4) is 0 Å². The number of aromatic nitrogens is 2. The first-order valence-corrected chi connectivity index (χ1v) is 11.0. The molecule has 2 amide bonds. The maximum atomic E-state index is 13.0. The monoisotopic (exact) mass is 410 g/mol. The third-order valence-corrected chi connectivity index (χ3v) is 6.31. The van der Waals surface area contributed by atoms with E-state index in [-0.39, 0.29) is 17.9 Å². The molecule has 2 aliphatic rings. The highest BCUT2D eigenvalue weighted by Gasteiger charge is 2.30. The predicted molar refractivity (Wildman–Crippen MR) is 112 cm³/mol. The SMILES string of the molecule is CC(=O)N(CCc1noc(C2CCC2)n1)C1CCCN(C(=O)c2cccc(C)c2)C1. The lowest BCUT2D eigenvalue weighted by molar-refractivity contribution is -0.132. The average molecular weight is 411 g/mol. The van der Waals surface area contributed by atoms with E-state index in [2.05, 4.69) is 10.1 Å². The molecule has 1 aliphatic heterocycles. The van der Waals surface area contributed by atoms with E-state index in [1.54, 1.807) is 6.92 Å². The Kier molecular flexibility index (Phi) is 6.16. The van der Waals surface area contributed by atoms with E-state index in [1.165, 1.54) is 6.42 Å². The Morgan fingerprint density at radius 1 is 1.23 bits per heavy atom. The molecule has 1 aromatic carbocycles. The number of benzene rings is 1. The fourth-order valence-corrected chi connectivity index (χ4v) is 4.36. The predicted octanol–water partition coefficient (Wildman–Crippen LogP) is 3.34. The molecule has 0 N–H and O–H groups in total. The first kappa shape index (κ1) is 20.6. The van der Waals surface area contributed by atoms with Crippen LogP contribution in [0.2, 0.25) is 0 Å². The molecule has 1 atom stereocenters. The molecule has 2 fully saturated rings. The number of aryl methyl sites for hydroxylation is 1. The van der Waals surface area contributed by atoms with E-state index in [0.717, 1.165) is 43.7 Å². The Labute approximate surface area is 177 Å². The van der Waals surface area contributed by atoms with Gasteiger partial charge in [-0.1, -0.05) is 29.3 Å². The number of piperidine rings is 1. The van der Waals surface area contributed by atoms with Gasteiger partial charge in [0.1, 0.15) is 0 Å². The molecule has 2 aromatic rings. The Hall–Kier alpha value is -2.70. The number of nitrogens with zero attached hydrogens (tertiary/aromatic N) is 4. The molecule has 0 radical (unpaired) electrons. The van der Waals surface area contributed by atoms with Crippen molar-refractivity contribution in [2.75, 3.05) is 19.6 Å². The van der Waals surface area contributed by atoms with Crippen LogP contribution < -0.4 is 0 Å². The number of likely N-dealkylation sites (tertiary alicyclic amines) is 1. The van der Waals surface area contributed by atoms with Gasteiger partial charge in [-0.3, -0.25) is 9.59 Å². The van der Waals surface area contributed by atoms with Crippen LogP contribution in [-0.2, 0) is 11.2 Å². The lowest BCUT2D eigenvalue weighted by Crippen LogP contribution is -2.51. The highest BCUT2D eigenvalue weighted by atomic mass is 16.5. The molecule has 4 rings (SSSR count). The summed E-state index contributed by atoms with van der Waals surface area (Å²) in [5, 5.41) is 4.10. The molecular formula is C23H30N4O3. The highest BCUT2D eigenvalue weighted by molar-refractivity contribution is 5.94. The van der Waals surface area contributed by atoms with Crippen molar-refractivity contribution >= 4 is 11.8 Å². The highest BCUT2D eigenvalue weighted by Crippen LogP contribution is 2.35. The number of amides is 2. The second-order valence-electron chi connectivity index (χ2n) is 8.56. The van der Waals surface area contributed by atoms with Crippen LogP contribution in [0, 0.1) is 6.92 Å². The van der Waals surface area contributed by atoms with Crippen LogP contribution in [0.4, 0.5) is 0 Å². The van der Waals surface area contributed by atoms with Crippen molar-refractivity contribution in [2.24, 2.45) is 0 Å². The Morgan fingerprint density at radius 3 is 2.77 bits per heavy atom. The van der Waals surface area contributed by atoms with Crippen LogP contribution >= 0.6 is 0 Å². The van der Waals surface area contributed by atoms with E-state index < -0.39 is 0 Å². The number of hydrogen-bond acceptors (Lipinski definition) is 5. The summed E-state index contributed by atoms with van der Waals surface area (Å²) >= 11 is 0. The van der Waals surface area contributed by atoms with Crippen LogP contribution in [0.25, 0.3) is 0 Å². The minimum absolute atomic E-state index is 0.0167. The zero-order valence-electron chi connectivity index (χ0n) is 17.8. The Bertz CT molecular complexity index is 905. The largest absolute Gasteiger partial charge is 0.339 e. The summed E-state index contributed by atoms with van der Waals surface area (Å²) in [5.41, 5.74) is 1.78. The summed E-state index contributed by atoms with van der Waals surface area (Å²) in [6, 6.07) is 7.70. The van der Waals surface area contributed by atoms with Gasteiger partial charge in [-0.15, -0.1) is 0 Å². The third kappa shape index (κ3) is 4.55. The topological polar surface area (TPSA) is 79.5 Å². The zero-order valence-corrected chi connectivity index (χ0v) is 17.8. The fraction of sp³-hybridized carbons (Fsp3) is 0.565. The molecule has 1 saturated heterocycles. The number of rotatable bonds is 6. The van der Waals surface area contributed by atoms with Crippen molar-refractivity contribution in [3.05, 3.63) is 47.1 Å². The quantitative estimate of drug-likeness (QED) is 0.730. The molecule has 1 unspecified atom stereocenters. The van der Waals surface area contributed by atoms with Gasteiger partial charge in [-0.05, 0) is 44.7 Å². The van der Waals surface area contributed by atoms with Crippen LogP contribution in [0.1, 0.15) is 72.6 Å². The molecule has 30 heavy (non-hydrogen) atoms. The number of carbonyl (C=O) groups excluding carboxylic acids is 2. The lowest BCUT2D eigenvalue weighted by atomic mass is 9.85. The fourth-order valence-electron chi connectivity index (χ4n) is 4.36. The second kappa shape index (κ2) is 8.98. The van der Waals surface area contributed by atoms with Gasteiger partial charge in [0.15, 0.2) is 5.82 Å². The van der Waals surface area contributed by atoms with Crippen molar-refractivity contribution in [3.8, 4) is 0 Å². The third-order valence-electron chi connectivity index (χ3n) is 6.31. The smallest absolute Gasteiger partial charge is 0.253 e. The van der Waals surface area contributed by atoms with Gasteiger partial charge in [-0.25, -0.2) is 0 Å². The molecule has 1 aromatic heterocycles. The van der Waals surface area contributed by atoms with Crippen LogP contribution in [0.5, 0.6) is 0 Å². The molecule has 7 nitrogen and oxygen atoms in total. The standard InChI is InChI=1S/C23H30N4O3/c1-16-6-3-9-19(14-16)23(29)26-12-5-10-20(15-26)27(17(2)28)13-11-21-24-22(30-25-21)18-7-4-8-18/h3,6,9,14,18,20H,4-5,7-8,10-13,15H2,1-2H3. The van der Waals surface area contributed by atoms with Crippen LogP contribution in [-0.4, -0.2) is 57.4 Å². The summed E-state index contributed by atoms with van der Waals surface area (Å²) in [4.78, 5) is 33.6. The molecule has 0 bridgehead atoms. The van der Waals surface area contributed by atoms with Crippen molar-refractivity contribution in [3.63, 3.8) is 0 Å². The second-order valence-corrected chi connectivity index (χ2v) is 8.56. The molecule has 1 saturated carbocycles. The Morgan fingerprint density at radius 2 is 2.07 bits per heavy atom. The van der Waals surface area contributed by atoms with Crippen LogP contribution in [0.15, 0.2) is 28.8 Å². The number of carbonyl (C=O) groups is 2. The van der Waals surface area contributed by atoms with Gasteiger partial charge in [-0.2, -0.15) is 4.98 Å². The molecular weight excluding hydrogens is 380 g/mol. The minimum Gasteiger partial charge on any atom is -0.339 e. The lowest BCUT2D eigenvalue weighted by Gasteiger charge is -2.39. The molecule has 160 valence electrons. The van der Waals surface area contributed by atoms with Crippen molar-refractivity contribution in [1.82, 2.24) is 19.9 Å². The van der Waals surface area contributed by atoms with Crippen molar-refractivity contribution in [2.45, 2.75) is 64.3 Å². The van der Waals surface area contributed by atoms with E-state index in [1.807, 2.05) is 41.0 Å². The zero-order chi connectivity index (χ0) is 21.1. The van der Waals surface area contributed by atoms with Gasteiger partial charge in [0.25, 0.3) is 5.91 Å². The molecule has 7 heteroatoms. The summed E-state index contributed by atoms with van der Waals surface area (Å²) in [7, 11) is 0. The Balaban J connectivity index is 1.38. The average Bonchev–Trinajstić information content (AvgIpc) is 3.14. The van der Waals surface area contributed by atoms with Crippen molar-refractivity contribution in [1.29, 1.82) is 0 Å². The summed E-state index contributed by atoms with van der Waals surface area (Å²) in [6.45, 7) is 5.41. The van der Waals surface area contributed by atoms with E-state index in [9.17, 15) is 9.59 Å². The van der Waals surface area contributed by atoms with Gasteiger partial charge >= 0.3 is 0 Å². The van der Waals surface area contributed by atoms with Crippen molar-refractivity contribution < 1.29 is 14.1 Å². The molecule has 1 aliphatic carbocycles. The maximum absolute atomic E-state index is 13.0. The minimum atomic E-state index is 0.0167. The molecule has 2 heterocycles. The summed E-state index contributed by atoms with van der Waals surface area (Å²) < 4.78 is 5.40. The van der Waals surface area contributed by atoms with Gasteiger partial charge in [0, 0.05) is 50.5 Å². The van der Waals surface area contributed by atoms with E-state index in [4.69, 9.17) is 4.52 Å². The summed E-state index contributed by atoms with van der Waals surface area (Å²) in [5.74, 6) is 1.86.